The third kappa shape index (κ3) is 3.86. The van der Waals surface area contributed by atoms with Crippen molar-refractivity contribution in [2.45, 2.75) is 25.8 Å². The normalized spacial score (nSPS) is 15.0. The zero-order chi connectivity index (χ0) is 16.4. The van der Waals surface area contributed by atoms with Crippen LogP contribution in [0.15, 0.2) is 22.7 Å². The molecule has 3 rings (SSSR count). The zero-order valence-electron chi connectivity index (χ0n) is 13.1. The van der Waals surface area contributed by atoms with Crippen molar-refractivity contribution < 1.29 is 9.32 Å². The first kappa shape index (κ1) is 19.1. The molecule has 130 valence electrons. The van der Waals surface area contributed by atoms with Crippen LogP contribution in [0.5, 0.6) is 0 Å². The maximum atomic E-state index is 12.7. The number of carbonyl (C=O) groups excluding carboxylic acids is 1. The van der Waals surface area contributed by atoms with Gasteiger partial charge < -0.3 is 15.2 Å². The fraction of sp³-hybridized carbons (Fsp3) is 0.375. The molecule has 5 nitrogen and oxygen atoms in total. The fourth-order valence-corrected chi connectivity index (χ4v) is 3.33. The molecular formula is C16H18Cl3N3O2. The van der Waals surface area contributed by atoms with Gasteiger partial charge in [-0.15, -0.1) is 12.4 Å². The predicted octanol–water partition coefficient (Wildman–Crippen LogP) is 3.86. The molecule has 1 saturated heterocycles. The number of nitrogens with one attached hydrogen (secondary N) is 2. The summed E-state index contributed by atoms with van der Waals surface area (Å²) in [5, 5.41) is 11.2. The zero-order valence-corrected chi connectivity index (χ0v) is 15.4. The van der Waals surface area contributed by atoms with Crippen molar-refractivity contribution in [2.24, 2.45) is 0 Å². The molecule has 1 aromatic carbocycles. The molecule has 0 aliphatic carbocycles. The van der Waals surface area contributed by atoms with Crippen molar-refractivity contribution in [1.82, 2.24) is 15.8 Å². The van der Waals surface area contributed by atoms with E-state index in [2.05, 4.69) is 15.8 Å². The number of rotatable bonds is 3. The molecule has 24 heavy (non-hydrogen) atoms. The Bertz CT molecular complexity index is 707. The second-order valence-electron chi connectivity index (χ2n) is 5.56. The van der Waals surface area contributed by atoms with Crippen LogP contribution in [0, 0.1) is 6.92 Å². The fourth-order valence-electron chi connectivity index (χ4n) is 2.76. The van der Waals surface area contributed by atoms with Crippen LogP contribution in [0.1, 0.15) is 29.0 Å². The van der Waals surface area contributed by atoms with Crippen LogP contribution in [0.4, 0.5) is 0 Å². The summed E-state index contributed by atoms with van der Waals surface area (Å²) in [6, 6.07) is 5.31. The molecule has 2 aromatic rings. The average Bonchev–Trinajstić information content (AvgIpc) is 2.90. The molecular weight excluding hydrogens is 373 g/mol. The summed E-state index contributed by atoms with van der Waals surface area (Å²) >= 11 is 12.5. The van der Waals surface area contributed by atoms with Gasteiger partial charge in [-0.3, -0.25) is 4.79 Å². The molecule has 2 heterocycles. The van der Waals surface area contributed by atoms with E-state index in [1.807, 2.05) is 0 Å². The van der Waals surface area contributed by atoms with E-state index in [4.69, 9.17) is 27.7 Å². The minimum absolute atomic E-state index is 0. The van der Waals surface area contributed by atoms with Crippen molar-refractivity contribution in [2.75, 3.05) is 13.1 Å². The lowest BCUT2D eigenvalue weighted by atomic mass is 10.0. The molecule has 1 aromatic heterocycles. The molecule has 2 N–H and O–H groups in total. The molecule has 0 radical (unpaired) electrons. The lowest BCUT2D eigenvalue weighted by molar-refractivity contribution is 0.0928. The Labute approximate surface area is 156 Å². The van der Waals surface area contributed by atoms with E-state index < -0.39 is 0 Å². The van der Waals surface area contributed by atoms with Gasteiger partial charge in [0.25, 0.3) is 5.91 Å². The summed E-state index contributed by atoms with van der Waals surface area (Å²) in [6.07, 6.45) is 1.80. The van der Waals surface area contributed by atoms with Crippen LogP contribution < -0.4 is 10.6 Å². The van der Waals surface area contributed by atoms with Gasteiger partial charge in [-0.05, 0) is 45.0 Å². The van der Waals surface area contributed by atoms with E-state index in [1.165, 1.54) is 0 Å². The van der Waals surface area contributed by atoms with E-state index in [9.17, 15) is 4.79 Å². The SMILES string of the molecule is Cc1onc(-c2c(Cl)cccc2Cl)c1C(=O)NC1CCNCC1.Cl. The summed E-state index contributed by atoms with van der Waals surface area (Å²) in [7, 11) is 0. The first-order valence-corrected chi connectivity index (χ1v) is 8.25. The van der Waals surface area contributed by atoms with Crippen molar-refractivity contribution in [1.29, 1.82) is 0 Å². The minimum atomic E-state index is -0.207. The number of hydrogen-bond acceptors (Lipinski definition) is 4. The summed E-state index contributed by atoms with van der Waals surface area (Å²) in [5.41, 5.74) is 1.28. The van der Waals surface area contributed by atoms with Gasteiger partial charge in [0, 0.05) is 11.6 Å². The van der Waals surface area contributed by atoms with Gasteiger partial charge in [-0.1, -0.05) is 34.4 Å². The Morgan fingerprint density at radius 2 is 1.92 bits per heavy atom. The van der Waals surface area contributed by atoms with Gasteiger partial charge in [0.15, 0.2) is 0 Å². The Balaban J connectivity index is 0.00000208. The van der Waals surface area contributed by atoms with Gasteiger partial charge >= 0.3 is 0 Å². The van der Waals surface area contributed by atoms with E-state index in [1.54, 1.807) is 25.1 Å². The van der Waals surface area contributed by atoms with Gasteiger partial charge in [0.1, 0.15) is 17.0 Å². The topological polar surface area (TPSA) is 67.2 Å². The number of benzene rings is 1. The van der Waals surface area contributed by atoms with Crippen LogP contribution in [0.2, 0.25) is 10.0 Å². The van der Waals surface area contributed by atoms with E-state index >= 15 is 0 Å². The van der Waals surface area contributed by atoms with Crippen LogP contribution in [-0.2, 0) is 0 Å². The van der Waals surface area contributed by atoms with Crippen molar-refractivity contribution >= 4 is 41.5 Å². The lowest BCUT2D eigenvalue weighted by Crippen LogP contribution is -2.42. The highest BCUT2D eigenvalue weighted by atomic mass is 35.5. The number of nitrogens with zero attached hydrogens (tertiary/aromatic N) is 1. The number of aryl methyl sites for hydroxylation is 1. The average molecular weight is 391 g/mol. The molecule has 1 amide bonds. The highest BCUT2D eigenvalue weighted by molar-refractivity contribution is 6.39. The Hall–Kier alpha value is -1.27. The smallest absolute Gasteiger partial charge is 0.257 e. The largest absolute Gasteiger partial charge is 0.360 e. The van der Waals surface area contributed by atoms with E-state index in [0.29, 0.717) is 32.6 Å². The lowest BCUT2D eigenvalue weighted by Gasteiger charge is -2.23. The van der Waals surface area contributed by atoms with Crippen LogP contribution >= 0.6 is 35.6 Å². The monoisotopic (exact) mass is 389 g/mol. The summed E-state index contributed by atoms with van der Waals surface area (Å²) in [5.74, 6) is 0.240. The summed E-state index contributed by atoms with van der Waals surface area (Å²) < 4.78 is 5.23. The predicted molar refractivity (Wildman–Crippen MR) is 97.3 cm³/mol. The van der Waals surface area contributed by atoms with Crippen molar-refractivity contribution in [3.05, 3.63) is 39.6 Å². The number of carbonyl (C=O) groups is 1. The Kier molecular flexibility index (Phi) is 6.52. The molecule has 1 aliphatic heterocycles. The van der Waals surface area contributed by atoms with Crippen LogP contribution in [-0.4, -0.2) is 30.2 Å². The number of piperidine rings is 1. The molecule has 1 fully saturated rings. The first-order valence-electron chi connectivity index (χ1n) is 7.50. The van der Waals surface area contributed by atoms with E-state index in [0.717, 1.165) is 25.9 Å². The number of aromatic nitrogens is 1. The van der Waals surface area contributed by atoms with Crippen molar-refractivity contribution in [3.63, 3.8) is 0 Å². The quantitative estimate of drug-likeness (QED) is 0.835. The highest BCUT2D eigenvalue weighted by Gasteiger charge is 2.26. The Morgan fingerprint density at radius 1 is 1.29 bits per heavy atom. The van der Waals surface area contributed by atoms with Gasteiger partial charge in [-0.25, -0.2) is 0 Å². The third-order valence-corrected chi connectivity index (χ3v) is 4.59. The molecule has 0 saturated carbocycles. The first-order chi connectivity index (χ1) is 11.1. The highest BCUT2D eigenvalue weighted by Crippen LogP contribution is 2.36. The van der Waals surface area contributed by atoms with Gasteiger partial charge in [0.05, 0.1) is 10.0 Å². The molecule has 1 aliphatic rings. The molecule has 0 spiro atoms. The number of halogens is 3. The van der Waals surface area contributed by atoms with Gasteiger partial charge in [0.2, 0.25) is 0 Å². The maximum Gasteiger partial charge on any atom is 0.257 e. The molecule has 0 bridgehead atoms. The summed E-state index contributed by atoms with van der Waals surface area (Å²) in [6.45, 7) is 3.51. The number of hydrogen-bond donors (Lipinski definition) is 2. The number of amides is 1. The van der Waals surface area contributed by atoms with E-state index in [-0.39, 0.29) is 24.4 Å². The summed E-state index contributed by atoms with van der Waals surface area (Å²) in [4.78, 5) is 12.7. The Morgan fingerprint density at radius 3 is 2.54 bits per heavy atom. The van der Waals surface area contributed by atoms with Crippen LogP contribution in [0.3, 0.4) is 0 Å². The maximum absolute atomic E-state index is 12.7. The third-order valence-electron chi connectivity index (χ3n) is 3.96. The van der Waals surface area contributed by atoms with Gasteiger partial charge in [-0.2, -0.15) is 0 Å². The second kappa shape index (κ2) is 8.21. The standard InChI is InChI=1S/C16H17Cl2N3O2.ClH/c1-9-13(16(22)20-10-5-7-19-8-6-10)15(21-23-9)14-11(17)3-2-4-12(14)18;/h2-4,10,19H,5-8H2,1H3,(H,20,22);1H. The second-order valence-corrected chi connectivity index (χ2v) is 6.37. The molecule has 0 atom stereocenters. The molecule has 0 unspecified atom stereocenters. The minimum Gasteiger partial charge on any atom is -0.360 e. The van der Waals surface area contributed by atoms with Crippen molar-refractivity contribution in [3.8, 4) is 11.3 Å². The van der Waals surface area contributed by atoms with Crippen LogP contribution in [0.25, 0.3) is 11.3 Å². The molecule has 8 heteroatoms.